The van der Waals surface area contributed by atoms with Crippen molar-refractivity contribution in [1.82, 2.24) is 0 Å². The Morgan fingerprint density at radius 2 is 2.12 bits per heavy atom. The Bertz CT molecular complexity index is 248. The highest BCUT2D eigenvalue weighted by Crippen LogP contribution is 2.16. The number of carbonyl (C=O) groups is 1. The van der Waals surface area contributed by atoms with Gasteiger partial charge in [-0.25, -0.2) is 0 Å². The van der Waals surface area contributed by atoms with Gasteiger partial charge in [-0.3, -0.25) is 4.79 Å². The van der Waals surface area contributed by atoms with Crippen LogP contribution in [0.5, 0.6) is 0 Å². The molecule has 1 fully saturated rings. The van der Waals surface area contributed by atoms with E-state index in [0.29, 0.717) is 6.42 Å². The molecule has 0 radical (unpaired) electrons. The molecule has 1 rings (SSSR count). The third kappa shape index (κ3) is 6.47. The van der Waals surface area contributed by atoms with Crippen molar-refractivity contribution < 1.29 is 14.6 Å². The second-order valence-corrected chi connectivity index (χ2v) is 4.75. The van der Waals surface area contributed by atoms with Crippen molar-refractivity contribution in [3.05, 3.63) is 12.2 Å². The minimum absolute atomic E-state index is 0.140. The molecule has 2 unspecified atom stereocenters. The van der Waals surface area contributed by atoms with Crippen LogP contribution in [-0.4, -0.2) is 23.3 Å². The summed E-state index contributed by atoms with van der Waals surface area (Å²) in [5.74, 6) is -0.290. The summed E-state index contributed by atoms with van der Waals surface area (Å²) in [5, 5.41) is 9.42. The smallest absolute Gasteiger partial charge is 0.309 e. The molecule has 1 heterocycles. The summed E-state index contributed by atoms with van der Waals surface area (Å²) in [7, 11) is 0. The summed E-state index contributed by atoms with van der Waals surface area (Å²) in [6.45, 7) is 2.21. The molecule has 0 spiro atoms. The number of hydrogen-bond donors (Lipinski definition) is 1. The molecule has 0 saturated carbocycles. The van der Waals surface area contributed by atoms with Gasteiger partial charge < -0.3 is 9.84 Å². The van der Waals surface area contributed by atoms with Crippen molar-refractivity contribution >= 4 is 5.97 Å². The van der Waals surface area contributed by atoms with Gasteiger partial charge in [-0.1, -0.05) is 38.7 Å². The molecule has 1 N–H and O–H groups in total. The highest BCUT2D eigenvalue weighted by molar-refractivity contribution is 5.71. The summed E-state index contributed by atoms with van der Waals surface area (Å²) in [6.07, 6.45) is 11.3. The fourth-order valence-electron chi connectivity index (χ4n) is 2.04. The largest absolute Gasteiger partial charge is 0.458 e. The van der Waals surface area contributed by atoms with Crippen molar-refractivity contribution in [3.63, 3.8) is 0 Å². The lowest BCUT2D eigenvalue weighted by Gasteiger charge is -2.23. The Morgan fingerprint density at radius 1 is 1.35 bits per heavy atom. The SMILES string of the molecule is CCCCCCC/C=C/C1CC(O)CC(=O)O1. The van der Waals surface area contributed by atoms with Gasteiger partial charge in [0.1, 0.15) is 6.10 Å². The van der Waals surface area contributed by atoms with Gasteiger partial charge in [-0.05, 0) is 18.9 Å². The molecule has 1 aliphatic rings. The molecule has 0 bridgehead atoms. The third-order valence-electron chi connectivity index (χ3n) is 3.01. The molecular formula is C14H24O3. The van der Waals surface area contributed by atoms with Crippen LogP contribution in [0.3, 0.4) is 0 Å². The van der Waals surface area contributed by atoms with Crippen LogP contribution in [0.25, 0.3) is 0 Å². The lowest BCUT2D eigenvalue weighted by atomic mass is 10.0. The van der Waals surface area contributed by atoms with Gasteiger partial charge >= 0.3 is 5.97 Å². The first-order valence-corrected chi connectivity index (χ1v) is 6.76. The quantitative estimate of drug-likeness (QED) is 0.423. The minimum atomic E-state index is -0.532. The van der Waals surface area contributed by atoms with Gasteiger partial charge in [-0.15, -0.1) is 0 Å². The molecule has 0 aromatic rings. The maximum atomic E-state index is 11.1. The zero-order valence-electron chi connectivity index (χ0n) is 10.7. The average Bonchev–Trinajstić information content (AvgIpc) is 2.26. The number of aliphatic hydroxyl groups is 1. The van der Waals surface area contributed by atoms with Crippen molar-refractivity contribution in [2.24, 2.45) is 0 Å². The molecule has 17 heavy (non-hydrogen) atoms. The number of unbranched alkanes of at least 4 members (excludes halogenated alkanes) is 5. The van der Waals surface area contributed by atoms with Crippen molar-refractivity contribution in [3.8, 4) is 0 Å². The topological polar surface area (TPSA) is 46.5 Å². The lowest BCUT2D eigenvalue weighted by molar-refractivity contribution is -0.156. The van der Waals surface area contributed by atoms with Crippen LogP contribution in [-0.2, 0) is 9.53 Å². The van der Waals surface area contributed by atoms with Crippen LogP contribution in [0.2, 0.25) is 0 Å². The fraction of sp³-hybridized carbons (Fsp3) is 0.786. The first-order valence-electron chi connectivity index (χ1n) is 6.76. The highest BCUT2D eigenvalue weighted by atomic mass is 16.5. The van der Waals surface area contributed by atoms with E-state index in [1.54, 1.807) is 0 Å². The van der Waals surface area contributed by atoms with E-state index in [4.69, 9.17) is 4.74 Å². The van der Waals surface area contributed by atoms with Gasteiger partial charge in [0.2, 0.25) is 0 Å². The second-order valence-electron chi connectivity index (χ2n) is 4.75. The standard InChI is InChI=1S/C14H24O3/c1-2-3-4-5-6-7-8-9-13-10-12(15)11-14(16)17-13/h8-9,12-13,15H,2-7,10-11H2,1H3/b9-8+. The summed E-state index contributed by atoms with van der Waals surface area (Å²) in [5.41, 5.74) is 0. The van der Waals surface area contributed by atoms with E-state index in [9.17, 15) is 9.90 Å². The van der Waals surface area contributed by atoms with E-state index in [1.807, 2.05) is 6.08 Å². The number of esters is 1. The third-order valence-corrected chi connectivity index (χ3v) is 3.01. The fourth-order valence-corrected chi connectivity index (χ4v) is 2.04. The number of aliphatic hydroxyl groups excluding tert-OH is 1. The van der Waals surface area contributed by atoms with E-state index in [-0.39, 0.29) is 18.5 Å². The van der Waals surface area contributed by atoms with Crippen LogP contribution in [0.4, 0.5) is 0 Å². The molecule has 1 aliphatic heterocycles. The molecular weight excluding hydrogens is 216 g/mol. The van der Waals surface area contributed by atoms with Crippen LogP contribution in [0, 0.1) is 0 Å². The van der Waals surface area contributed by atoms with Gasteiger partial charge in [0, 0.05) is 6.42 Å². The monoisotopic (exact) mass is 240 g/mol. The molecule has 0 aromatic carbocycles. The molecule has 0 aromatic heterocycles. The lowest BCUT2D eigenvalue weighted by Crippen LogP contribution is -2.31. The molecule has 98 valence electrons. The molecule has 3 nitrogen and oxygen atoms in total. The second kappa shape index (κ2) is 8.29. The molecule has 1 saturated heterocycles. The minimum Gasteiger partial charge on any atom is -0.458 e. The molecule has 2 atom stereocenters. The Labute approximate surface area is 104 Å². The number of allylic oxidation sites excluding steroid dienone is 1. The first kappa shape index (κ1) is 14.2. The van der Waals surface area contributed by atoms with Crippen LogP contribution < -0.4 is 0 Å². The van der Waals surface area contributed by atoms with Gasteiger partial charge in [0.15, 0.2) is 0 Å². The molecule has 0 amide bonds. The maximum Gasteiger partial charge on any atom is 0.309 e. The Hall–Kier alpha value is -0.830. The number of ether oxygens (including phenoxy) is 1. The average molecular weight is 240 g/mol. The zero-order chi connectivity index (χ0) is 12.5. The Balaban J connectivity index is 2.09. The zero-order valence-corrected chi connectivity index (χ0v) is 10.7. The summed E-state index contributed by atoms with van der Waals surface area (Å²) < 4.78 is 5.12. The molecule has 0 aliphatic carbocycles. The Kier molecular flexibility index (Phi) is 6.94. The predicted molar refractivity (Wildman–Crippen MR) is 67.6 cm³/mol. The first-order chi connectivity index (χ1) is 8.22. The molecule has 3 heteroatoms. The van der Waals surface area contributed by atoms with Crippen LogP contribution in [0.15, 0.2) is 12.2 Å². The van der Waals surface area contributed by atoms with Gasteiger partial charge in [0.05, 0.1) is 12.5 Å². The predicted octanol–water partition coefficient (Wildman–Crippen LogP) is 2.97. The van der Waals surface area contributed by atoms with Crippen molar-refractivity contribution in [2.75, 3.05) is 0 Å². The van der Waals surface area contributed by atoms with E-state index >= 15 is 0 Å². The number of hydrogen-bond acceptors (Lipinski definition) is 3. The van der Waals surface area contributed by atoms with E-state index in [1.165, 1.54) is 32.1 Å². The van der Waals surface area contributed by atoms with Crippen molar-refractivity contribution in [1.29, 1.82) is 0 Å². The van der Waals surface area contributed by atoms with Crippen LogP contribution >= 0.6 is 0 Å². The van der Waals surface area contributed by atoms with E-state index < -0.39 is 6.10 Å². The van der Waals surface area contributed by atoms with Crippen molar-refractivity contribution in [2.45, 2.75) is 70.5 Å². The normalized spacial score (nSPS) is 25.2. The summed E-state index contributed by atoms with van der Waals surface area (Å²) in [6, 6.07) is 0. The van der Waals surface area contributed by atoms with Crippen LogP contribution in [0.1, 0.15) is 58.3 Å². The van der Waals surface area contributed by atoms with E-state index in [0.717, 1.165) is 6.42 Å². The number of carbonyl (C=O) groups excluding carboxylic acids is 1. The van der Waals surface area contributed by atoms with E-state index in [2.05, 4.69) is 13.0 Å². The summed E-state index contributed by atoms with van der Waals surface area (Å²) in [4.78, 5) is 11.1. The maximum absolute atomic E-state index is 11.1. The Morgan fingerprint density at radius 3 is 2.82 bits per heavy atom. The summed E-state index contributed by atoms with van der Waals surface area (Å²) >= 11 is 0. The number of cyclic esters (lactones) is 1. The number of rotatable bonds is 7. The van der Waals surface area contributed by atoms with Gasteiger partial charge in [-0.2, -0.15) is 0 Å². The highest BCUT2D eigenvalue weighted by Gasteiger charge is 2.24. The van der Waals surface area contributed by atoms with Gasteiger partial charge in [0.25, 0.3) is 0 Å².